The number of ketones is 1. The molecule has 0 bridgehead atoms. The molecule has 1 heterocycles. The smallest absolute Gasteiger partial charge is 0.220 e. The number of sulfone groups is 1. The predicted octanol–water partition coefficient (Wildman–Crippen LogP) is 5.13. The van der Waals surface area contributed by atoms with Gasteiger partial charge in [-0.3, -0.25) is 14.0 Å². The topological polar surface area (TPSA) is 123 Å². The Bertz CT molecular complexity index is 1450. The van der Waals surface area contributed by atoms with Gasteiger partial charge in [0.15, 0.2) is 15.6 Å². The van der Waals surface area contributed by atoms with Crippen LogP contribution in [-0.2, 0) is 36.4 Å². The van der Waals surface area contributed by atoms with E-state index in [-0.39, 0.29) is 29.5 Å². The number of hydrogen-bond donors (Lipinski definition) is 0. The Labute approximate surface area is 229 Å². The fourth-order valence-electron chi connectivity index (χ4n) is 3.88. The first-order valence-corrected chi connectivity index (χ1v) is 16.5. The van der Waals surface area contributed by atoms with Crippen molar-refractivity contribution >= 4 is 23.0 Å². The van der Waals surface area contributed by atoms with Crippen molar-refractivity contribution in [3.63, 3.8) is 0 Å². The molecular formula is C27H35N2O8PS. The highest BCUT2D eigenvalue weighted by atomic mass is 32.2. The van der Waals surface area contributed by atoms with Crippen molar-refractivity contribution in [2.24, 2.45) is 0 Å². The van der Waals surface area contributed by atoms with Crippen molar-refractivity contribution in [1.29, 1.82) is 0 Å². The molecule has 0 aliphatic carbocycles. The molecule has 3 aromatic rings. The summed E-state index contributed by atoms with van der Waals surface area (Å²) < 4.78 is 60.1. The predicted molar refractivity (Wildman–Crippen MR) is 148 cm³/mol. The minimum atomic E-state index is -3.34. The Balaban J connectivity index is 1.86. The Morgan fingerprint density at radius 1 is 1.08 bits per heavy atom. The van der Waals surface area contributed by atoms with E-state index < -0.39 is 17.2 Å². The summed E-state index contributed by atoms with van der Waals surface area (Å²) in [5.74, 6) is 0.943. The maximum atomic E-state index is 13.3. The maximum Gasteiger partial charge on any atom is 0.220 e. The Morgan fingerprint density at radius 2 is 1.74 bits per heavy atom. The first-order chi connectivity index (χ1) is 18.3. The van der Waals surface area contributed by atoms with Gasteiger partial charge in [-0.05, 0) is 63.2 Å². The molecular weight excluding hydrogens is 543 g/mol. The molecule has 2 aromatic carbocycles. The quantitative estimate of drug-likeness (QED) is 0.189. The molecule has 0 radical (unpaired) electrons. The lowest BCUT2D eigenvalue weighted by molar-refractivity contribution is 0.0914. The van der Waals surface area contributed by atoms with E-state index in [0.717, 1.165) is 11.9 Å². The summed E-state index contributed by atoms with van der Waals surface area (Å²) in [5, 5.41) is 4.47. The molecule has 0 aliphatic heterocycles. The number of benzene rings is 2. The summed E-state index contributed by atoms with van der Waals surface area (Å²) in [6, 6.07) is 12.7. The first kappa shape index (κ1) is 30.6. The molecule has 0 spiro atoms. The lowest BCUT2D eigenvalue weighted by Gasteiger charge is -2.16. The molecule has 1 aromatic heterocycles. The molecule has 39 heavy (non-hydrogen) atoms. The highest BCUT2D eigenvalue weighted by molar-refractivity contribution is 7.90. The van der Waals surface area contributed by atoms with Gasteiger partial charge in [0.1, 0.15) is 29.6 Å². The third kappa shape index (κ3) is 9.03. The fourth-order valence-corrected chi connectivity index (χ4v) is 5.91. The highest BCUT2D eigenvalue weighted by Crippen LogP contribution is 2.44. The number of ether oxygens (including phenoxy) is 3. The number of carbonyl (C=O) groups excluding carboxylic acids is 1. The molecule has 10 nitrogen and oxygen atoms in total. The normalized spacial score (nSPS) is 14.0. The van der Waals surface area contributed by atoms with Crippen LogP contribution in [0.2, 0.25) is 0 Å². The number of Topliss-reactive ketones (excluding diaryl/α,β-unsaturated/α-hetero) is 1. The Hall–Kier alpha value is -2.98. The molecule has 212 valence electrons. The maximum absolute atomic E-state index is 13.3. The van der Waals surface area contributed by atoms with Crippen molar-refractivity contribution in [3.8, 4) is 17.2 Å². The molecule has 0 fully saturated rings. The van der Waals surface area contributed by atoms with Crippen molar-refractivity contribution < 1.29 is 36.5 Å². The van der Waals surface area contributed by atoms with Crippen LogP contribution in [0.15, 0.2) is 53.4 Å². The standard InChI is InChI=1S/C27H35N2O8PS/c1-7-35-38(5,31)18-29-19(2)12-22(28-29)15-27(30)21-13-24(36-20(3)17-34-4)16-25(14-21)37-23-8-10-26(11-9-23)39(6,32)33/h8-14,16,20H,7,15,17-18H2,1-6H3/t20-,38?/m0/s1. The summed E-state index contributed by atoms with van der Waals surface area (Å²) in [5.41, 5.74) is 1.65. The van der Waals surface area contributed by atoms with Crippen LogP contribution in [0, 0.1) is 6.92 Å². The molecule has 0 aliphatic rings. The molecule has 0 saturated heterocycles. The molecule has 0 amide bonds. The minimum absolute atomic E-state index is 0.00999. The fraction of sp³-hybridized carbons (Fsp3) is 0.407. The van der Waals surface area contributed by atoms with E-state index in [2.05, 4.69) is 5.10 Å². The minimum Gasteiger partial charge on any atom is -0.488 e. The van der Waals surface area contributed by atoms with Gasteiger partial charge < -0.3 is 18.7 Å². The second-order valence-electron chi connectivity index (χ2n) is 9.37. The van der Waals surface area contributed by atoms with E-state index in [1.165, 1.54) is 12.1 Å². The van der Waals surface area contributed by atoms with Gasteiger partial charge in [-0.25, -0.2) is 8.42 Å². The van der Waals surface area contributed by atoms with Crippen molar-refractivity contribution in [1.82, 2.24) is 9.78 Å². The third-order valence-electron chi connectivity index (χ3n) is 5.59. The lowest BCUT2D eigenvalue weighted by Crippen LogP contribution is -2.18. The van der Waals surface area contributed by atoms with E-state index in [1.807, 2.05) is 13.8 Å². The van der Waals surface area contributed by atoms with Crippen molar-refractivity contribution in [3.05, 3.63) is 65.5 Å². The van der Waals surface area contributed by atoms with Crippen LogP contribution in [0.3, 0.4) is 0 Å². The molecule has 0 saturated carbocycles. The van der Waals surface area contributed by atoms with Crippen molar-refractivity contribution in [2.45, 2.75) is 44.5 Å². The lowest BCUT2D eigenvalue weighted by atomic mass is 10.1. The average Bonchev–Trinajstić information content (AvgIpc) is 3.16. The number of hydrogen-bond acceptors (Lipinski definition) is 9. The van der Waals surface area contributed by atoms with Gasteiger partial charge in [-0.2, -0.15) is 5.10 Å². The van der Waals surface area contributed by atoms with Crippen LogP contribution < -0.4 is 9.47 Å². The summed E-state index contributed by atoms with van der Waals surface area (Å²) in [7, 11) is -4.63. The molecule has 3 rings (SSSR count). The van der Waals surface area contributed by atoms with Crippen LogP contribution in [0.1, 0.15) is 35.6 Å². The van der Waals surface area contributed by atoms with Gasteiger partial charge in [0.05, 0.1) is 30.2 Å². The van der Waals surface area contributed by atoms with Gasteiger partial charge in [0.2, 0.25) is 7.37 Å². The van der Waals surface area contributed by atoms with Gasteiger partial charge in [-0.1, -0.05) is 0 Å². The number of nitrogens with zero attached hydrogens (tertiary/aromatic N) is 2. The third-order valence-corrected chi connectivity index (χ3v) is 8.31. The van der Waals surface area contributed by atoms with Crippen molar-refractivity contribution in [2.75, 3.05) is 33.2 Å². The van der Waals surface area contributed by atoms with Crippen LogP contribution in [-0.4, -0.2) is 63.3 Å². The van der Waals surface area contributed by atoms with Gasteiger partial charge in [0.25, 0.3) is 0 Å². The van der Waals surface area contributed by atoms with Crippen LogP contribution in [0.5, 0.6) is 17.2 Å². The second-order valence-corrected chi connectivity index (χ2v) is 14.0. The van der Waals surface area contributed by atoms with E-state index in [9.17, 15) is 17.8 Å². The molecule has 1 unspecified atom stereocenters. The number of aromatic nitrogens is 2. The molecule has 12 heteroatoms. The highest BCUT2D eigenvalue weighted by Gasteiger charge is 2.20. The Morgan fingerprint density at radius 3 is 2.36 bits per heavy atom. The van der Waals surface area contributed by atoms with E-state index in [4.69, 9.17) is 18.7 Å². The second kappa shape index (κ2) is 12.9. The zero-order valence-corrected chi connectivity index (χ0v) is 24.8. The summed E-state index contributed by atoms with van der Waals surface area (Å²) >= 11 is 0. The number of aryl methyl sites for hydroxylation is 1. The van der Waals surface area contributed by atoms with E-state index >= 15 is 0 Å². The van der Waals surface area contributed by atoms with Gasteiger partial charge in [-0.15, -0.1) is 0 Å². The van der Waals surface area contributed by atoms with E-state index in [0.29, 0.717) is 41.7 Å². The van der Waals surface area contributed by atoms with E-state index in [1.54, 1.807) is 61.8 Å². The molecule has 2 atom stereocenters. The largest absolute Gasteiger partial charge is 0.488 e. The number of methoxy groups -OCH3 is 1. The zero-order valence-electron chi connectivity index (χ0n) is 23.0. The first-order valence-electron chi connectivity index (χ1n) is 12.4. The number of carbonyl (C=O) groups is 1. The summed E-state index contributed by atoms with van der Waals surface area (Å²) in [6.45, 7) is 7.71. The monoisotopic (exact) mass is 578 g/mol. The SMILES string of the molecule is CCOP(C)(=O)Cn1nc(CC(=O)c2cc(Oc3ccc(S(C)(=O)=O)cc3)cc(O[C@@H](C)COC)c2)cc1C. The zero-order chi connectivity index (χ0) is 28.8. The molecule has 0 N–H and O–H groups in total. The van der Waals surface area contributed by atoms with Crippen LogP contribution in [0.25, 0.3) is 0 Å². The average molecular weight is 579 g/mol. The van der Waals surface area contributed by atoms with Gasteiger partial charge >= 0.3 is 0 Å². The van der Waals surface area contributed by atoms with Gasteiger partial charge in [0, 0.05) is 37.4 Å². The summed E-state index contributed by atoms with van der Waals surface area (Å²) in [6.07, 6.45) is 0.983. The number of rotatable bonds is 14. The summed E-state index contributed by atoms with van der Waals surface area (Å²) in [4.78, 5) is 13.5. The van der Waals surface area contributed by atoms with Crippen LogP contribution >= 0.6 is 7.37 Å². The van der Waals surface area contributed by atoms with Crippen LogP contribution in [0.4, 0.5) is 0 Å². The Kier molecular flexibility index (Phi) is 10.1.